The summed E-state index contributed by atoms with van der Waals surface area (Å²) in [6.45, 7) is 9.06. The Hall–Kier alpha value is -2.25. The van der Waals surface area contributed by atoms with Crippen LogP contribution in [0, 0.1) is 0 Å². The van der Waals surface area contributed by atoms with Gasteiger partial charge in [-0.25, -0.2) is 14.4 Å². The Labute approximate surface area is 136 Å². The highest BCUT2D eigenvalue weighted by Gasteiger charge is 2.20. The van der Waals surface area contributed by atoms with Crippen LogP contribution in [0.25, 0.3) is 0 Å². The molecule has 0 saturated carbocycles. The summed E-state index contributed by atoms with van der Waals surface area (Å²) in [5, 5.41) is 13.9. The molecule has 0 saturated heterocycles. The average molecular weight is 330 g/mol. The summed E-state index contributed by atoms with van der Waals surface area (Å²) in [6.07, 6.45) is 1.37. The summed E-state index contributed by atoms with van der Waals surface area (Å²) in [6, 6.07) is -1.03. The number of nitrogens with one attached hydrogen (secondary N) is 2. The van der Waals surface area contributed by atoms with Gasteiger partial charge in [0.1, 0.15) is 18.2 Å². The molecule has 3 N–H and O–H groups in total. The van der Waals surface area contributed by atoms with Crippen LogP contribution in [0.15, 0.2) is 12.7 Å². The molecule has 0 aromatic carbocycles. The monoisotopic (exact) mass is 330 g/mol. The molecule has 132 valence electrons. The lowest BCUT2D eigenvalue weighted by atomic mass is 10.1. The third-order valence-electron chi connectivity index (χ3n) is 2.51. The maximum Gasteiger partial charge on any atom is 0.408 e. The number of rotatable bonds is 9. The van der Waals surface area contributed by atoms with Gasteiger partial charge in [-0.15, -0.1) is 0 Å². The van der Waals surface area contributed by atoms with Crippen molar-refractivity contribution in [2.45, 2.75) is 51.7 Å². The van der Waals surface area contributed by atoms with E-state index in [0.29, 0.717) is 19.4 Å². The van der Waals surface area contributed by atoms with E-state index in [-0.39, 0.29) is 13.0 Å². The number of hydrogen-bond donors (Lipinski definition) is 3. The average Bonchev–Trinajstić information content (AvgIpc) is 2.41. The molecule has 0 heterocycles. The Balaban J connectivity index is 3.97. The van der Waals surface area contributed by atoms with Crippen LogP contribution < -0.4 is 10.6 Å². The molecule has 1 atom stereocenters. The molecule has 0 aliphatic heterocycles. The van der Waals surface area contributed by atoms with Gasteiger partial charge in [-0.05, 0) is 40.0 Å². The van der Waals surface area contributed by atoms with E-state index in [4.69, 9.17) is 9.84 Å². The van der Waals surface area contributed by atoms with Gasteiger partial charge in [-0.2, -0.15) is 0 Å². The fourth-order valence-corrected chi connectivity index (χ4v) is 1.55. The Morgan fingerprint density at radius 2 is 1.87 bits per heavy atom. The zero-order valence-corrected chi connectivity index (χ0v) is 13.9. The van der Waals surface area contributed by atoms with Gasteiger partial charge in [0.2, 0.25) is 0 Å². The van der Waals surface area contributed by atoms with Gasteiger partial charge >= 0.3 is 18.2 Å². The predicted octanol–water partition coefficient (Wildman–Crippen LogP) is 2.05. The highest BCUT2D eigenvalue weighted by atomic mass is 16.6. The Morgan fingerprint density at radius 3 is 2.39 bits per heavy atom. The fourth-order valence-electron chi connectivity index (χ4n) is 1.55. The van der Waals surface area contributed by atoms with E-state index < -0.39 is 29.8 Å². The molecule has 0 aliphatic rings. The SMILES string of the molecule is C=CCOC(=O)N[C@@H](CCCCNC(=O)OC(C)(C)C)C(=O)O. The maximum atomic E-state index is 11.4. The second kappa shape index (κ2) is 10.5. The Bertz CT molecular complexity index is 417. The van der Waals surface area contributed by atoms with Crippen LogP contribution in [0.3, 0.4) is 0 Å². The minimum absolute atomic E-state index is 0.0119. The van der Waals surface area contributed by atoms with Crippen molar-refractivity contribution in [1.82, 2.24) is 10.6 Å². The third-order valence-corrected chi connectivity index (χ3v) is 2.51. The van der Waals surface area contributed by atoms with Gasteiger partial charge in [0.25, 0.3) is 0 Å². The Morgan fingerprint density at radius 1 is 1.22 bits per heavy atom. The molecule has 8 nitrogen and oxygen atoms in total. The summed E-state index contributed by atoms with van der Waals surface area (Å²) in [5.41, 5.74) is -0.561. The summed E-state index contributed by atoms with van der Waals surface area (Å²) in [4.78, 5) is 33.8. The van der Waals surface area contributed by atoms with Gasteiger partial charge in [0, 0.05) is 6.54 Å². The standard InChI is InChI=1S/C15H26N2O6/c1-5-10-22-14(21)17-11(12(18)19)8-6-7-9-16-13(20)23-15(2,3)4/h5,11H,1,6-10H2,2-4H3,(H,16,20)(H,17,21)(H,18,19)/t11-/m0/s1. The first-order valence-electron chi connectivity index (χ1n) is 7.39. The summed E-state index contributed by atoms with van der Waals surface area (Å²) < 4.78 is 9.74. The molecule has 0 unspecified atom stereocenters. The molecule has 0 spiro atoms. The second-order valence-electron chi connectivity index (χ2n) is 5.85. The molecule has 0 aromatic heterocycles. The van der Waals surface area contributed by atoms with Gasteiger partial charge in [-0.1, -0.05) is 12.7 Å². The molecule has 2 amide bonds. The van der Waals surface area contributed by atoms with Crippen LogP contribution in [-0.4, -0.2) is 48.1 Å². The van der Waals surface area contributed by atoms with Crippen LogP contribution in [-0.2, 0) is 14.3 Å². The number of carboxylic acids is 1. The van der Waals surface area contributed by atoms with Crippen molar-refractivity contribution < 1.29 is 29.0 Å². The van der Waals surface area contributed by atoms with E-state index in [1.165, 1.54) is 6.08 Å². The van der Waals surface area contributed by atoms with Gasteiger partial charge in [0.15, 0.2) is 0 Å². The molecular weight excluding hydrogens is 304 g/mol. The number of carbonyl (C=O) groups is 3. The fraction of sp³-hybridized carbons (Fsp3) is 0.667. The number of alkyl carbamates (subject to hydrolysis) is 2. The second-order valence-corrected chi connectivity index (χ2v) is 5.85. The van der Waals surface area contributed by atoms with Crippen molar-refractivity contribution in [3.05, 3.63) is 12.7 Å². The highest BCUT2D eigenvalue weighted by molar-refractivity contribution is 5.79. The number of carbonyl (C=O) groups excluding carboxylic acids is 2. The normalized spacial score (nSPS) is 12.0. The molecule has 0 rings (SSSR count). The topological polar surface area (TPSA) is 114 Å². The van der Waals surface area contributed by atoms with Crippen molar-refractivity contribution in [2.75, 3.05) is 13.2 Å². The van der Waals surface area contributed by atoms with E-state index in [1.807, 2.05) is 0 Å². The van der Waals surface area contributed by atoms with Crippen molar-refractivity contribution in [2.24, 2.45) is 0 Å². The lowest BCUT2D eigenvalue weighted by molar-refractivity contribution is -0.139. The lowest BCUT2D eigenvalue weighted by Gasteiger charge is -2.19. The van der Waals surface area contributed by atoms with E-state index in [9.17, 15) is 14.4 Å². The van der Waals surface area contributed by atoms with Crippen LogP contribution in [0.5, 0.6) is 0 Å². The number of hydrogen-bond acceptors (Lipinski definition) is 5. The van der Waals surface area contributed by atoms with Crippen LogP contribution in [0.4, 0.5) is 9.59 Å². The van der Waals surface area contributed by atoms with Gasteiger partial charge < -0.3 is 25.2 Å². The number of aliphatic carboxylic acids is 1. The zero-order chi connectivity index (χ0) is 17.9. The van der Waals surface area contributed by atoms with Gasteiger partial charge in [0.05, 0.1) is 0 Å². The van der Waals surface area contributed by atoms with Crippen molar-refractivity contribution in [3.63, 3.8) is 0 Å². The minimum atomic E-state index is -1.14. The molecular formula is C15H26N2O6. The largest absolute Gasteiger partial charge is 0.480 e. The number of amides is 2. The molecule has 8 heteroatoms. The van der Waals surface area contributed by atoms with E-state index in [1.54, 1.807) is 20.8 Å². The lowest BCUT2D eigenvalue weighted by Crippen LogP contribution is -2.41. The molecule has 0 fully saturated rings. The van der Waals surface area contributed by atoms with Crippen LogP contribution in [0.2, 0.25) is 0 Å². The van der Waals surface area contributed by atoms with Crippen molar-refractivity contribution in [3.8, 4) is 0 Å². The molecule has 23 heavy (non-hydrogen) atoms. The van der Waals surface area contributed by atoms with Crippen LogP contribution in [0.1, 0.15) is 40.0 Å². The number of unbranched alkanes of at least 4 members (excludes halogenated alkanes) is 1. The summed E-state index contributed by atoms with van der Waals surface area (Å²) in [7, 11) is 0. The minimum Gasteiger partial charge on any atom is -0.480 e. The zero-order valence-electron chi connectivity index (χ0n) is 13.9. The van der Waals surface area contributed by atoms with Gasteiger partial charge in [-0.3, -0.25) is 0 Å². The highest BCUT2D eigenvalue weighted by Crippen LogP contribution is 2.07. The van der Waals surface area contributed by atoms with E-state index in [0.717, 1.165) is 0 Å². The molecule has 0 aliphatic carbocycles. The smallest absolute Gasteiger partial charge is 0.408 e. The number of carboxylic acid groups (broad SMARTS) is 1. The Kier molecular flexibility index (Phi) is 9.45. The first-order valence-corrected chi connectivity index (χ1v) is 7.39. The van der Waals surface area contributed by atoms with Crippen LogP contribution >= 0.6 is 0 Å². The quantitative estimate of drug-likeness (QED) is 0.440. The summed E-state index contributed by atoms with van der Waals surface area (Å²) >= 11 is 0. The van der Waals surface area contributed by atoms with Crippen molar-refractivity contribution in [1.29, 1.82) is 0 Å². The first-order chi connectivity index (χ1) is 10.7. The van der Waals surface area contributed by atoms with E-state index >= 15 is 0 Å². The molecule has 0 radical (unpaired) electrons. The predicted molar refractivity (Wildman–Crippen MR) is 84.2 cm³/mol. The summed E-state index contributed by atoms with van der Waals surface area (Å²) in [5.74, 6) is -1.14. The maximum absolute atomic E-state index is 11.4. The van der Waals surface area contributed by atoms with Crippen molar-refractivity contribution >= 4 is 18.2 Å². The molecule has 0 bridgehead atoms. The molecule has 0 aromatic rings. The number of ether oxygens (including phenoxy) is 2. The third kappa shape index (κ3) is 12.0. The van der Waals surface area contributed by atoms with E-state index in [2.05, 4.69) is 21.9 Å². The first kappa shape index (κ1) is 20.8.